The molecule has 1 aliphatic heterocycles. The topological polar surface area (TPSA) is 155 Å². The van der Waals surface area contributed by atoms with E-state index in [-0.39, 0.29) is 24.8 Å². The van der Waals surface area contributed by atoms with Crippen LogP contribution in [0, 0.1) is 5.41 Å². The summed E-state index contributed by atoms with van der Waals surface area (Å²) in [5, 5.41) is 21.1. The molecule has 0 aromatic carbocycles. The Morgan fingerprint density at radius 3 is 2.66 bits per heavy atom. The summed E-state index contributed by atoms with van der Waals surface area (Å²) < 4.78 is 1.53. The van der Waals surface area contributed by atoms with Crippen molar-refractivity contribution < 1.29 is 14.7 Å². The van der Waals surface area contributed by atoms with Crippen LogP contribution in [0.25, 0.3) is 0 Å². The molecule has 2 amide bonds. The lowest BCUT2D eigenvalue weighted by atomic mass is 9.85. The fourth-order valence-corrected chi connectivity index (χ4v) is 3.87. The lowest BCUT2D eigenvalue weighted by molar-refractivity contribution is -0.144. The molecular weight excluding hydrogens is 414 g/mol. The second-order valence-corrected chi connectivity index (χ2v) is 9.12. The van der Waals surface area contributed by atoms with Crippen molar-refractivity contribution in [1.29, 1.82) is 0 Å². The fraction of sp³-hybridized carbons (Fsp3) is 0.600. The minimum absolute atomic E-state index is 0.101. The Morgan fingerprint density at radius 1 is 1.34 bits per heavy atom. The molecular formula is C20H31N9O3. The highest BCUT2D eigenvalue weighted by Crippen LogP contribution is 2.34. The smallest absolute Gasteiger partial charge is 0.248 e. The molecule has 0 radical (unpaired) electrons. The van der Waals surface area contributed by atoms with E-state index >= 15 is 0 Å². The molecule has 0 bridgehead atoms. The first-order valence-electron chi connectivity index (χ1n) is 10.4. The second-order valence-electron chi connectivity index (χ2n) is 9.12. The van der Waals surface area contributed by atoms with E-state index in [0.29, 0.717) is 23.9 Å². The number of rotatable bonds is 6. The van der Waals surface area contributed by atoms with Gasteiger partial charge in [-0.2, -0.15) is 0 Å². The highest BCUT2D eigenvalue weighted by Gasteiger charge is 2.45. The number of aromatic nitrogens is 5. The number of β-amino-alcohol motifs (C(OH)–C–C–N with tert-alkyl or cyclic N) is 1. The molecule has 3 rings (SSSR count). The highest BCUT2D eigenvalue weighted by atomic mass is 16.3. The van der Waals surface area contributed by atoms with Gasteiger partial charge in [-0.15, -0.1) is 5.10 Å². The number of nitrogens with two attached hydrogens (primary N) is 1. The minimum atomic E-state index is -0.747. The van der Waals surface area contributed by atoms with Crippen molar-refractivity contribution >= 4 is 23.5 Å². The van der Waals surface area contributed by atoms with Crippen LogP contribution in [-0.4, -0.2) is 79.6 Å². The van der Waals surface area contributed by atoms with E-state index in [9.17, 15) is 14.7 Å². The molecule has 2 aromatic heterocycles. The van der Waals surface area contributed by atoms with E-state index in [1.54, 1.807) is 12.4 Å². The monoisotopic (exact) mass is 445 g/mol. The summed E-state index contributed by atoms with van der Waals surface area (Å²) in [5.41, 5.74) is 5.71. The molecule has 32 heavy (non-hydrogen) atoms. The van der Waals surface area contributed by atoms with Crippen LogP contribution in [0.3, 0.4) is 0 Å². The molecule has 12 heteroatoms. The number of nitrogen functional groups attached to an aromatic ring is 1. The van der Waals surface area contributed by atoms with Crippen molar-refractivity contribution in [2.45, 2.75) is 51.9 Å². The van der Waals surface area contributed by atoms with E-state index in [1.165, 1.54) is 22.8 Å². The molecule has 174 valence electrons. The molecule has 1 fully saturated rings. The van der Waals surface area contributed by atoms with Crippen LogP contribution < -0.4 is 16.0 Å². The number of aliphatic hydroxyl groups excluding tert-OH is 1. The van der Waals surface area contributed by atoms with Gasteiger partial charge in [0.15, 0.2) is 0 Å². The van der Waals surface area contributed by atoms with Crippen LogP contribution >= 0.6 is 0 Å². The van der Waals surface area contributed by atoms with Gasteiger partial charge in [0, 0.05) is 27.1 Å². The number of likely N-dealkylation sites (N-methyl/N-ethyl adjacent to an activating group) is 1. The van der Waals surface area contributed by atoms with Crippen LogP contribution in [0.2, 0.25) is 0 Å². The van der Waals surface area contributed by atoms with Crippen LogP contribution in [0.5, 0.6) is 0 Å². The van der Waals surface area contributed by atoms with Gasteiger partial charge in [-0.05, 0) is 5.41 Å². The zero-order valence-corrected chi connectivity index (χ0v) is 19.1. The number of anilines is 2. The third kappa shape index (κ3) is 4.96. The van der Waals surface area contributed by atoms with Crippen LogP contribution in [0.15, 0.2) is 18.6 Å². The molecule has 0 aliphatic carbocycles. The average Bonchev–Trinajstić information content (AvgIpc) is 3.33. The Bertz CT molecular complexity index is 954. The van der Waals surface area contributed by atoms with Crippen molar-refractivity contribution in [3.8, 4) is 0 Å². The van der Waals surface area contributed by atoms with Gasteiger partial charge in [0.2, 0.25) is 11.8 Å². The summed E-state index contributed by atoms with van der Waals surface area (Å²) in [6.07, 6.45) is 4.22. The Hall–Kier alpha value is -3.28. The summed E-state index contributed by atoms with van der Waals surface area (Å²) >= 11 is 0. The zero-order valence-electron chi connectivity index (χ0n) is 19.1. The van der Waals surface area contributed by atoms with Gasteiger partial charge in [-0.1, -0.05) is 26.0 Å². The Labute approximate surface area is 186 Å². The van der Waals surface area contributed by atoms with Crippen molar-refractivity contribution in [1.82, 2.24) is 35.2 Å². The minimum Gasteiger partial charge on any atom is -0.391 e. The molecule has 3 atom stereocenters. The summed E-state index contributed by atoms with van der Waals surface area (Å²) in [5.74, 6) is 0.378. The molecule has 4 N–H and O–H groups in total. The standard InChI is InChI=1S/C20H31N9O3/c1-20(2,3)17(19(32)28-11-13(30)6-14(28)18(31)22-4)29-10-12(25-26-29)9-27(5)16-8-23-15(21)7-24-16/h7-8,10,13-14,17,30H,6,9,11H2,1-5H3,(H2,21,23)(H,22,31)/t13-,14+,17-/m1/s1. The van der Waals surface area contributed by atoms with E-state index in [4.69, 9.17) is 5.73 Å². The van der Waals surface area contributed by atoms with E-state index in [2.05, 4.69) is 25.6 Å². The number of likely N-dealkylation sites (tertiary alicyclic amines) is 1. The summed E-state index contributed by atoms with van der Waals surface area (Å²) in [6.45, 7) is 6.27. The molecule has 3 heterocycles. The number of hydrogen-bond donors (Lipinski definition) is 3. The predicted molar refractivity (Wildman–Crippen MR) is 117 cm³/mol. The maximum atomic E-state index is 13.6. The third-order valence-corrected chi connectivity index (χ3v) is 5.44. The maximum absolute atomic E-state index is 13.6. The largest absolute Gasteiger partial charge is 0.391 e. The first-order valence-corrected chi connectivity index (χ1v) is 10.4. The Morgan fingerprint density at radius 2 is 2.06 bits per heavy atom. The Balaban J connectivity index is 1.83. The summed E-state index contributed by atoms with van der Waals surface area (Å²) in [4.78, 5) is 37.4. The number of amides is 2. The molecule has 1 aliphatic rings. The number of aliphatic hydroxyl groups is 1. The maximum Gasteiger partial charge on any atom is 0.248 e. The molecule has 2 aromatic rings. The van der Waals surface area contributed by atoms with E-state index in [1.807, 2.05) is 32.7 Å². The fourth-order valence-electron chi connectivity index (χ4n) is 3.87. The number of nitrogens with one attached hydrogen (secondary N) is 1. The van der Waals surface area contributed by atoms with Crippen molar-refractivity contribution in [2.75, 3.05) is 31.3 Å². The van der Waals surface area contributed by atoms with E-state index in [0.717, 1.165) is 0 Å². The predicted octanol–water partition coefficient (Wildman–Crippen LogP) is -0.418. The lowest BCUT2D eigenvalue weighted by Crippen LogP contribution is -2.49. The second kappa shape index (κ2) is 9.07. The van der Waals surface area contributed by atoms with Crippen molar-refractivity contribution in [3.63, 3.8) is 0 Å². The average molecular weight is 446 g/mol. The van der Waals surface area contributed by atoms with Gasteiger partial charge in [0.1, 0.15) is 29.4 Å². The van der Waals surface area contributed by atoms with Crippen molar-refractivity contribution in [3.05, 3.63) is 24.3 Å². The SMILES string of the molecule is CNC(=O)[C@@H]1C[C@@H](O)CN1C(=O)[C@@H](n1cc(CN(C)c2cnc(N)cn2)nn1)C(C)(C)C. The normalized spacial score (nSPS) is 19.6. The number of carbonyl (C=O) groups is 2. The van der Waals surface area contributed by atoms with Gasteiger partial charge in [0.25, 0.3) is 0 Å². The van der Waals surface area contributed by atoms with Gasteiger partial charge in [-0.3, -0.25) is 9.59 Å². The summed E-state index contributed by atoms with van der Waals surface area (Å²) in [7, 11) is 3.35. The van der Waals surface area contributed by atoms with Crippen molar-refractivity contribution in [2.24, 2.45) is 5.41 Å². The number of carbonyl (C=O) groups excluding carboxylic acids is 2. The van der Waals surface area contributed by atoms with Gasteiger partial charge in [-0.25, -0.2) is 14.6 Å². The van der Waals surface area contributed by atoms with Crippen LogP contribution in [0.4, 0.5) is 11.6 Å². The first-order chi connectivity index (χ1) is 15.0. The lowest BCUT2D eigenvalue weighted by Gasteiger charge is -2.34. The molecule has 0 saturated carbocycles. The molecule has 0 spiro atoms. The third-order valence-electron chi connectivity index (χ3n) is 5.44. The van der Waals surface area contributed by atoms with Crippen LogP contribution in [-0.2, 0) is 16.1 Å². The quantitative estimate of drug-likeness (QED) is 0.537. The van der Waals surface area contributed by atoms with Gasteiger partial charge in [0.05, 0.1) is 31.2 Å². The van der Waals surface area contributed by atoms with Gasteiger partial charge < -0.3 is 26.0 Å². The number of hydrogen-bond acceptors (Lipinski definition) is 9. The highest BCUT2D eigenvalue weighted by molar-refractivity contribution is 5.90. The Kier molecular flexibility index (Phi) is 6.63. The van der Waals surface area contributed by atoms with E-state index < -0.39 is 23.6 Å². The zero-order chi connectivity index (χ0) is 23.6. The summed E-state index contributed by atoms with van der Waals surface area (Å²) in [6, 6.07) is -1.42. The number of nitrogens with zero attached hydrogens (tertiary/aromatic N) is 7. The molecule has 1 saturated heterocycles. The molecule has 12 nitrogen and oxygen atoms in total. The molecule has 0 unspecified atom stereocenters. The van der Waals surface area contributed by atoms with Gasteiger partial charge >= 0.3 is 0 Å². The van der Waals surface area contributed by atoms with Crippen LogP contribution in [0.1, 0.15) is 38.9 Å². The first kappa shape index (κ1) is 23.4.